The number of rotatable bonds is 11. The van der Waals surface area contributed by atoms with Crippen LogP contribution in [0.25, 0.3) is 11.3 Å². The van der Waals surface area contributed by atoms with E-state index in [2.05, 4.69) is 25.8 Å². The summed E-state index contributed by atoms with van der Waals surface area (Å²) in [6, 6.07) is 9.25. The van der Waals surface area contributed by atoms with Gasteiger partial charge in [0.2, 0.25) is 0 Å². The first-order chi connectivity index (χ1) is 23.1. The number of methoxy groups -OCH3 is 1. The van der Waals surface area contributed by atoms with Gasteiger partial charge in [-0.15, -0.1) is 10.2 Å². The molecule has 1 aliphatic carbocycles. The Morgan fingerprint density at radius 1 is 1.13 bits per heavy atom. The topological polar surface area (TPSA) is 154 Å². The number of pyridine rings is 1. The molecule has 0 bridgehead atoms. The van der Waals surface area contributed by atoms with Crippen molar-refractivity contribution in [2.75, 3.05) is 24.7 Å². The first kappa shape index (κ1) is 28.6. The van der Waals surface area contributed by atoms with E-state index in [1.165, 1.54) is 19.2 Å². The summed E-state index contributed by atoms with van der Waals surface area (Å²) in [6.45, 7) is 2.21. The molecule has 0 saturated heterocycles. The van der Waals surface area contributed by atoms with Gasteiger partial charge in [0.05, 0.1) is 49.1 Å². The minimum Gasteiger partial charge on any atom is -0.494 e. The number of aromatic nitrogens is 5. The molecule has 0 unspecified atom stereocenters. The van der Waals surface area contributed by atoms with Crippen LogP contribution in [-0.4, -0.2) is 56.6 Å². The number of nitrogens with zero attached hydrogens (tertiary/aromatic N) is 5. The highest BCUT2D eigenvalue weighted by Crippen LogP contribution is 2.41. The maximum atomic E-state index is 14.4. The molecule has 1 aliphatic rings. The lowest BCUT2D eigenvalue weighted by molar-refractivity contribution is 0.0634. The second-order valence-corrected chi connectivity index (χ2v) is 11.8. The number of hydrogen-bond donors (Lipinski definition) is 3. The van der Waals surface area contributed by atoms with Crippen LogP contribution in [0.5, 0.6) is 5.75 Å². The van der Waals surface area contributed by atoms with Crippen molar-refractivity contribution >= 4 is 40.8 Å². The minimum absolute atomic E-state index is 0.00374. The van der Waals surface area contributed by atoms with Gasteiger partial charge in [0.25, 0.3) is 5.91 Å². The Labute approximate surface area is 274 Å². The fraction of sp³-hybridized carbons (Fsp3) is 0.355. The van der Waals surface area contributed by atoms with Crippen LogP contribution >= 0.6 is 11.6 Å². The molecule has 0 radical (unpaired) electrons. The van der Waals surface area contributed by atoms with Crippen LogP contribution in [-0.2, 0) is 22.7 Å². The molecule has 0 aliphatic heterocycles. The van der Waals surface area contributed by atoms with Crippen LogP contribution in [0.15, 0.2) is 42.6 Å². The third kappa shape index (κ3) is 8.25. The van der Waals surface area contributed by atoms with Crippen LogP contribution in [0.4, 0.5) is 26.4 Å². The quantitative estimate of drug-likeness (QED) is 0.174. The van der Waals surface area contributed by atoms with Gasteiger partial charge < -0.3 is 24.8 Å². The molecule has 242 valence electrons. The maximum absolute atomic E-state index is 14.4. The largest absolute Gasteiger partial charge is 0.494 e. The second kappa shape index (κ2) is 13.7. The fourth-order valence-corrected chi connectivity index (χ4v) is 4.65. The highest BCUT2D eigenvalue weighted by molar-refractivity contribution is 6.29. The molecule has 1 aromatic carbocycles. The monoisotopic (exact) mass is 655 g/mol. The Hall–Kier alpha value is -4.82. The van der Waals surface area contributed by atoms with Crippen molar-refractivity contribution < 1.29 is 32.3 Å². The number of benzene rings is 1. The van der Waals surface area contributed by atoms with Crippen molar-refractivity contribution in [3.63, 3.8) is 0 Å². The zero-order valence-electron chi connectivity index (χ0n) is 28.5. The molecule has 3 heterocycles. The lowest BCUT2D eigenvalue weighted by Crippen LogP contribution is -2.27. The molecule has 1 fully saturated rings. The standard InChI is InChI=1S/C31H34ClFN8O5/c1-31(2,3)46-30(43)37-26-13-18(33)12-19(35-26)16-45-15-17-10-21(22-8-9-41(40-22)20-6-7-20)28(44-5)24(11-17)36-23-14-25(32)38-39-27(23)29(42)34-4/h8-14,20H,6-7,15-16H2,1-5H3,(H,34,42)(H,36,38)(H,35,37,43)/i4D3. The van der Waals surface area contributed by atoms with Crippen molar-refractivity contribution in [2.24, 2.45) is 0 Å². The molecule has 4 aromatic rings. The van der Waals surface area contributed by atoms with Crippen LogP contribution < -0.4 is 20.7 Å². The van der Waals surface area contributed by atoms with E-state index < -0.39 is 30.4 Å². The van der Waals surface area contributed by atoms with Crippen molar-refractivity contribution in [1.29, 1.82) is 0 Å². The van der Waals surface area contributed by atoms with Crippen LogP contribution in [0.2, 0.25) is 5.15 Å². The molecule has 2 amide bonds. The zero-order valence-corrected chi connectivity index (χ0v) is 26.2. The minimum atomic E-state index is -2.78. The molecule has 3 aromatic heterocycles. The molecule has 3 N–H and O–H groups in total. The van der Waals surface area contributed by atoms with Crippen LogP contribution in [0, 0.1) is 5.82 Å². The lowest BCUT2D eigenvalue weighted by atomic mass is 10.0. The fourth-order valence-electron chi connectivity index (χ4n) is 4.50. The van der Waals surface area contributed by atoms with E-state index in [0.717, 1.165) is 18.9 Å². The number of carbonyl (C=O) groups is 2. The average molecular weight is 656 g/mol. The Kier molecular flexibility index (Phi) is 8.51. The Morgan fingerprint density at radius 2 is 1.93 bits per heavy atom. The van der Waals surface area contributed by atoms with Gasteiger partial charge in [-0.1, -0.05) is 11.6 Å². The average Bonchev–Trinajstić information content (AvgIpc) is 3.71. The molecule has 13 nitrogen and oxygen atoms in total. The zero-order chi connectivity index (χ0) is 35.5. The summed E-state index contributed by atoms with van der Waals surface area (Å²) in [5, 5.41) is 19.6. The smallest absolute Gasteiger partial charge is 0.413 e. The summed E-state index contributed by atoms with van der Waals surface area (Å²) in [6.07, 6.45) is 3.15. The van der Waals surface area contributed by atoms with Crippen molar-refractivity contribution in [3.8, 4) is 17.0 Å². The molecule has 5 rings (SSSR count). The number of ether oxygens (including phenoxy) is 3. The number of hydrogen-bond acceptors (Lipinski definition) is 10. The number of nitrogens with one attached hydrogen (secondary N) is 3. The maximum Gasteiger partial charge on any atom is 0.413 e. The first-order valence-corrected chi connectivity index (χ1v) is 14.6. The Bertz CT molecular complexity index is 1860. The van der Waals surface area contributed by atoms with Gasteiger partial charge >= 0.3 is 6.09 Å². The van der Waals surface area contributed by atoms with E-state index >= 15 is 0 Å². The first-order valence-electron chi connectivity index (χ1n) is 15.7. The van der Waals surface area contributed by atoms with Gasteiger partial charge in [-0.05, 0) is 63.4 Å². The van der Waals surface area contributed by atoms with Crippen molar-refractivity contribution in [3.05, 3.63) is 70.5 Å². The molecular formula is C31H34ClFN8O5. The summed E-state index contributed by atoms with van der Waals surface area (Å²) in [7, 11) is 1.47. The predicted molar refractivity (Wildman–Crippen MR) is 169 cm³/mol. The molecular weight excluding hydrogens is 619 g/mol. The number of amides is 2. The summed E-state index contributed by atoms with van der Waals surface area (Å²) in [5.41, 5.74) is 1.34. The predicted octanol–water partition coefficient (Wildman–Crippen LogP) is 6.04. The van der Waals surface area contributed by atoms with E-state index in [1.807, 2.05) is 28.3 Å². The highest BCUT2D eigenvalue weighted by Gasteiger charge is 2.26. The van der Waals surface area contributed by atoms with E-state index in [-0.39, 0.29) is 41.3 Å². The summed E-state index contributed by atoms with van der Waals surface area (Å²) >= 11 is 6.11. The Morgan fingerprint density at radius 3 is 2.65 bits per heavy atom. The molecule has 0 spiro atoms. The lowest BCUT2D eigenvalue weighted by Gasteiger charge is -2.19. The molecule has 1 saturated carbocycles. The summed E-state index contributed by atoms with van der Waals surface area (Å²) in [4.78, 5) is 29.3. The van der Waals surface area contributed by atoms with Crippen molar-refractivity contribution in [1.82, 2.24) is 30.3 Å². The summed E-state index contributed by atoms with van der Waals surface area (Å²) in [5.74, 6) is -1.33. The van der Waals surface area contributed by atoms with E-state index in [0.29, 0.717) is 34.3 Å². The van der Waals surface area contributed by atoms with Gasteiger partial charge in [0, 0.05) is 35.0 Å². The van der Waals surface area contributed by atoms with E-state index in [1.54, 1.807) is 26.8 Å². The number of carbonyl (C=O) groups excluding carboxylic acids is 2. The summed E-state index contributed by atoms with van der Waals surface area (Å²) < 4.78 is 55.5. The number of halogens is 2. The van der Waals surface area contributed by atoms with Crippen molar-refractivity contribution in [2.45, 2.75) is 58.5 Å². The third-order valence-electron chi connectivity index (χ3n) is 6.51. The highest BCUT2D eigenvalue weighted by atomic mass is 35.5. The van der Waals surface area contributed by atoms with Gasteiger partial charge in [-0.3, -0.25) is 14.8 Å². The SMILES string of the molecule is [2H]C([2H])([2H])NC(=O)c1nnc(Cl)cc1Nc1cc(COCc2cc(F)cc(NC(=O)OC(C)(C)C)n2)cc(-c2ccn(C3CC3)n2)c1OC. The van der Waals surface area contributed by atoms with Gasteiger partial charge in [0.15, 0.2) is 16.6 Å². The number of anilines is 3. The van der Waals surface area contributed by atoms with E-state index in [4.69, 9.17) is 35.0 Å². The molecule has 46 heavy (non-hydrogen) atoms. The van der Waals surface area contributed by atoms with Crippen LogP contribution in [0.1, 0.15) is 65.5 Å². The normalized spacial score (nSPS) is 14.1. The molecule has 0 atom stereocenters. The van der Waals surface area contributed by atoms with Gasteiger partial charge in [0.1, 0.15) is 17.2 Å². The van der Waals surface area contributed by atoms with Gasteiger partial charge in [-0.25, -0.2) is 14.2 Å². The van der Waals surface area contributed by atoms with Gasteiger partial charge in [-0.2, -0.15) is 5.10 Å². The van der Waals surface area contributed by atoms with E-state index in [9.17, 15) is 14.0 Å². The van der Waals surface area contributed by atoms with Crippen LogP contribution in [0.3, 0.4) is 0 Å². The second-order valence-electron chi connectivity index (χ2n) is 11.4. The molecule has 15 heteroatoms. The third-order valence-corrected chi connectivity index (χ3v) is 6.70. The Balaban J connectivity index is 1.44.